The summed E-state index contributed by atoms with van der Waals surface area (Å²) in [5.41, 5.74) is 6.77. The molecule has 4 heterocycles. The first-order valence-corrected chi connectivity index (χ1v) is 18.3. The lowest BCUT2D eigenvalue weighted by Crippen LogP contribution is -2.14. The van der Waals surface area contributed by atoms with Crippen LogP contribution in [0.1, 0.15) is 49.9 Å². The van der Waals surface area contributed by atoms with E-state index in [0.29, 0.717) is 13.2 Å². The quantitative estimate of drug-likeness (QED) is 0.145. The van der Waals surface area contributed by atoms with Gasteiger partial charge in [0.1, 0.15) is 36.2 Å². The predicted molar refractivity (Wildman–Crippen MR) is 196 cm³/mol. The van der Waals surface area contributed by atoms with Gasteiger partial charge >= 0.3 is 0 Å². The van der Waals surface area contributed by atoms with Crippen LogP contribution < -0.4 is 28.4 Å². The summed E-state index contributed by atoms with van der Waals surface area (Å²) in [6, 6.07) is 12.0. The molecule has 1 aliphatic rings. The van der Waals surface area contributed by atoms with Crippen molar-refractivity contribution < 1.29 is 28.4 Å². The molecule has 0 saturated carbocycles. The number of thiophene rings is 3. The maximum Gasteiger partial charge on any atom is 0.181 e. The summed E-state index contributed by atoms with van der Waals surface area (Å²) >= 11 is 5.24. The first-order valence-electron chi connectivity index (χ1n) is 15.9. The van der Waals surface area contributed by atoms with Crippen LogP contribution >= 0.6 is 34.0 Å². The van der Waals surface area contributed by atoms with Crippen LogP contribution in [0.2, 0.25) is 0 Å². The third-order valence-corrected chi connectivity index (χ3v) is 12.6. The van der Waals surface area contributed by atoms with Crippen molar-refractivity contribution in [3.8, 4) is 74.9 Å². The van der Waals surface area contributed by atoms with E-state index in [0.717, 1.165) is 65.1 Å². The Morgan fingerprint density at radius 1 is 0.511 bits per heavy atom. The Labute approximate surface area is 289 Å². The molecule has 6 nitrogen and oxygen atoms in total. The third-order valence-electron chi connectivity index (χ3n) is 8.30. The van der Waals surface area contributed by atoms with E-state index in [2.05, 4.69) is 27.7 Å². The zero-order chi connectivity index (χ0) is 33.6. The highest BCUT2D eigenvalue weighted by Gasteiger charge is 2.32. The molecular weight excluding hydrogens is 649 g/mol. The van der Waals surface area contributed by atoms with Gasteiger partial charge in [-0.2, -0.15) is 0 Å². The number of benzene rings is 2. The molecule has 0 atom stereocenters. The fourth-order valence-electron chi connectivity index (χ4n) is 5.87. The molecule has 0 amide bonds. The maximum absolute atomic E-state index is 6.41. The van der Waals surface area contributed by atoms with Gasteiger partial charge in [-0.05, 0) is 102 Å². The maximum atomic E-state index is 6.41. The standard InChI is InChI=1S/C38H42O6S3/c1-19(2)43-27-15-11-13-25(39-9)29(27)33-21(5)23(7)35(45-33)37-31-32(42-18-17-41-31)38(47-37)36-24(8)22(6)34(46-36)30-26(40-10)14-12-16-28(30)44-20(3)4/h11-16,19-20H,17-18H2,1-10H3. The molecule has 47 heavy (non-hydrogen) atoms. The number of hydrogen-bond donors (Lipinski definition) is 0. The third kappa shape index (κ3) is 5.98. The van der Waals surface area contributed by atoms with E-state index in [1.165, 1.54) is 32.0 Å². The number of fused-ring (bicyclic) bond motifs is 1. The van der Waals surface area contributed by atoms with Crippen molar-refractivity contribution in [3.63, 3.8) is 0 Å². The molecule has 0 bridgehead atoms. The Hall–Kier alpha value is -3.66. The number of hydrogen-bond acceptors (Lipinski definition) is 9. The lowest BCUT2D eigenvalue weighted by molar-refractivity contribution is 0.175. The minimum atomic E-state index is 0.0327. The SMILES string of the molecule is COc1cccc(OC(C)C)c1-c1sc(-c2sc(-c3sc(-c4c(OC)cccc4OC(C)C)c(C)c3C)c3c2OCCO3)c(C)c1C. The monoisotopic (exact) mass is 690 g/mol. The molecule has 9 heteroatoms. The van der Waals surface area contributed by atoms with Gasteiger partial charge in [0.05, 0.1) is 57.1 Å². The van der Waals surface area contributed by atoms with Crippen molar-refractivity contribution in [1.82, 2.24) is 0 Å². The van der Waals surface area contributed by atoms with Crippen LogP contribution in [0, 0.1) is 27.7 Å². The van der Waals surface area contributed by atoms with E-state index in [1.807, 2.05) is 64.1 Å². The second-order valence-electron chi connectivity index (χ2n) is 12.1. The first-order chi connectivity index (χ1) is 22.5. The summed E-state index contributed by atoms with van der Waals surface area (Å²) in [5.74, 6) is 4.86. The predicted octanol–water partition coefficient (Wildman–Crippen LogP) is 11.1. The lowest BCUT2D eigenvalue weighted by Gasteiger charge is -2.17. The number of ether oxygens (including phenoxy) is 6. The van der Waals surface area contributed by atoms with Crippen molar-refractivity contribution in [1.29, 1.82) is 0 Å². The van der Waals surface area contributed by atoms with Gasteiger partial charge in [0.25, 0.3) is 0 Å². The van der Waals surface area contributed by atoms with Crippen molar-refractivity contribution in [2.45, 2.75) is 67.6 Å². The Balaban J connectivity index is 1.53. The second-order valence-corrected chi connectivity index (χ2v) is 15.2. The van der Waals surface area contributed by atoms with Gasteiger partial charge in [0, 0.05) is 9.75 Å². The fraction of sp³-hybridized carbons (Fsp3) is 0.368. The van der Waals surface area contributed by atoms with Crippen molar-refractivity contribution in [2.75, 3.05) is 27.4 Å². The highest BCUT2D eigenvalue weighted by atomic mass is 32.1. The van der Waals surface area contributed by atoms with Gasteiger partial charge in [-0.25, -0.2) is 0 Å². The van der Waals surface area contributed by atoms with Gasteiger partial charge < -0.3 is 28.4 Å². The van der Waals surface area contributed by atoms with E-state index < -0.39 is 0 Å². The summed E-state index contributed by atoms with van der Waals surface area (Å²) < 4.78 is 37.1. The van der Waals surface area contributed by atoms with E-state index >= 15 is 0 Å². The van der Waals surface area contributed by atoms with Crippen LogP contribution in [0.25, 0.3) is 40.4 Å². The molecule has 3 aromatic heterocycles. The van der Waals surface area contributed by atoms with Gasteiger partial charge in [-0.3, -0.25) is 0 Å². The van der Waals surface area contributed by atoms with Gasteiger partial charge in [-0.1, -0.05) is 12.1 Å². The topological polar surface area (TPSA) is 55.4 Å². The van der Waals surface area contributed by atoms with Gasteiger partial charge in [-0.15, -0.1) is 34.0 Å². The second kappa shape index (κ2) is 13.5. The fourth-order valence-corrected chi connectivity index (χ4v) is 10.2. The summed E-state index contributed by atoms with van der Waals surface area (Å²) in [5, 5.41) is 0. The number of methoxy groups -OCH3 is 2. The highest BCUT2D eigenvalue weighted by Crippen LogP contribution is 2.60. The van der Waals surface area contributed by atoms with Crippen molar-refractivity contribution in [2.24, 2.45) is 0 Å². The van der Waals surface area contributed by atoms with Crippen LogP contribution in [0.5, 0.6) is 34.5 Å². The molecule has 1 aliphatic heterocycles. The largest absolute Gasteiger partial charge is 0.496 e. The summed E-state index contributed by atoms with van der Waals surface area (Å²) in [6.45, 7) is 17.9. The van der Waals surface area contributed by atoms with Crippen LogP contribution in [-0.2, 0) is 0 Å². The molecule has 0 unspecified atom stereocenters. The number of rotatable bonds is 10. The molecule has 2 aromatic carbocycles. The zero-order valence-corrected chi connectivity index (χ0v) is 31.2. The minimum Gasteiger partial charge on any atom is -0.496 e. The Morgan fingerprint density at radius 3 is 1.21 bits per heavy atom. The first kappa shape index (κ1) is 33.2. The lowest BCUT2D eigenvalue weighted by atomic mass is 10.0. The average molecular weight is 691 g/mol. The summed E-state index contributed by atoms with van der Waals surface area (Å²) in [4.78, 5) is 6.76. The Bertz CT molecular complexity index is 1790. The average Bonchev–Trinajstić information content (AvgIpc) is 3.67. The zero-order valence-electron chi connectivity index (χ0n) is 28.7. The smallest absolute Gasteiger partial charge is 0.181 e. The van der Waals surface area contributed by atoms with E-state index in [9.17, 15) is 0 Å². The Morgan fingerprint density at radius 2 is 0.851 bits per heavy atom. The molecule has 6 rings (SSSR count). The van der Waals surface area contributed by atoms with Crippen LogP contribution in [-0.4, -0.2) is 39.6 Å². The molecule has 0 spiro atoms. The van der Waals surface area contributed by atoms with Gasteiger partial charge in [0.15, 0.2) is 11.5 Å². The molecule has 248 valence electrons. The van der Waals surface area contributed by atoms with Crippen molar-refractivity contribution in [3.05, 3.63) is 58.7 Å². The molecule has 0 aliphatic carbocycles. The molecule has 0 fully saturated rings. The molecule has 5 aromatic rings. The molecule has 0 radical (unpaired) electrons. The molecule has 0 N–H and O–H groups in total. The van der Waals surface area contributed by atoms with Crippen LogP contribution in [0.15, 0.2) is 36.4 Å². The van der Waals surface area contributed by atoms with E-state index in [1.54, 1.807) is 48.2 Å². The van der Waals surface area contributed by atoms with E-state index in [-0.39, 0.29) is 12.2 Å². The molecular formula is C38H42O6S3. The summed E-state index contributed by atoms with van der Waals surface area (Å²) in [6.07, 6.45) is 0.0655. The Kier molecular flexibility index (Phi) is 9.52. The molecule has 0 saturated heterocycles. The normalized spacial score (nSPS) is 12.6. The van der Waals surface area contributed by atoms with Gasteiger partial charge in [0.2, 0.25) is 0 Å². The van der Waals surface area contributed by atoms with Crippen LogP contribution in [0.3, 0.4) is 0 Å². The van der Waals surface area contributed by atoms with Crippen LogP contribution in [0.4, 0.5) is 0 Å². The minimum absolute atomic E-state index is 0.0327. The van der Waals surface area contributed by atoms with Crippen molar-refractivity contribution >= 4 is 34.0 Å². The summed E-state index contributed by atoms with van der Waals surface area (Å²) in [7, 11) is 3.43. The van der Waals surface area contributed by atoms with E-state index in [4.69, 9.17) is 28.4 Å². The highest BCUT2D eigenvalue weighted by molar-refractivity contribution is 7.28.